The zero-order valence-corrected chi connectivity index (χ0v) is 12.3. The lowest BCUT2D eigenvalue weighted by molar-refractivity contribution is 0.515. The third kappa shape index (κ3) is 3.70. The summed E-state index contributed by atoms with van der Waals surface area (Å²) in [6.07, 6.45) is 5.19. The second-order valence-corrected chi connectivity index (χ2v) is 5.69. The summed E-state index contributed by atoms with van der Waals surface area (Å²) in [5.41, 5.74) is 1.02. The highest BCUT2D eigenvalue weighted by Gasteiger charge is 2.19. The largest absolute Gasteiger partial charge is 0.361 e. The molecule has 0 saturated heterocycles. The molecule has 1 aromatic heterocycles. The number of aryl methyl sites for hydroxylation is 2. The molecule has 0 aliphatic heterocycles. The van der Waals surface area contributed by atoms with Crippen LogP contribution in [0.15, 0.2) is 47.5 Å². The van der Waals surface area contributed by atoms with E-state index >= 15 is 0 Å². The van der Waals surface area contributed by atoms with E-state index in [0.29, 0.717) is 5.82 Å². The van der Waals surface area contributed by atoms with Gasteiger partial charge in [0.1, 0.15) is 0 Å². The molecule has 4 nitrogen and oxygen atoms in total. The number of nitrogens with zero attached hydrogens (tertiary/aromatic N) is 2. The molecule has 20 heavy (non-hydrogen) atoms. The van der Waals surface area contributed by atoms with Crippen LogP contribution in [0.5, 0.6) is 0 Å². The lowest BCUT2D eigenvalue weighted by Gasteiger charge is -2.26. The van der Waals surface area contributed by atoms with Gasteiger partial charge in [0.25, 0.3) is 5.56 Å². The number of hydrogen-bond donors (Lipinski definition) is 1. The molecular weight excluding hydrogens is 250 g/mol. The fourth-order valence-corrected chi connectivity index (χ4v) is 2.07. The lowest BCUT2D eigenvalue weighted by atomic mass is 9.95. The molecule has 2 aromatic rings. The molecule has 0 aliphatic carbocycles. The molecule has 0 spiro atoms. The number of hydrogen-bond acceptors (Lipinski definition) is 3. The van der Waals surface area contributed by atoms with Gasteiger partial charge in [-0.15, -0.1) is 0 Å². The van der Waals surface area contributed by atoms with E-state index in [9.17, 15) is 4.79 Å². The number of rotatable bonds is 5. The average Bonchev–Trinajstić information content (AvgIpc) is 2.43. The first kappa shape index (κ1) is 14.3. The van der Waals surface area contributed by atoms with E-state index in [1.54, 1.807) is 19.4 Å². The van der Waals surface area contributed by atoms with Crippen LogP contribution < -0.4 is 10.9 Å². The van der Waals surface area contributed by atoms with E-state index in [1.165, 1.54) is 10.1 Å². The van der Waals surface area contributed by atoms with Crippen molar-refractivity contribution >= 4 is 5.82 Å². The Labute approximate surface area is 119 Å². The van der Waals surface area contributed by atoms with Gasteiger partial charge in [-0.1, -0.05) is 30.3 Å². The van der Waals surface area contributed by atoms with Gasteiger partial charge in [0.05, 0.1) is 0 Å². The summed E-state index contributed by atoms with van der Waals surface area (Å²) in [5.74, 6) is 0.410. The standard InChI is InChI=1S/C16H21N3O/c1-16(2,10-9-13-7-5-4-6-8-13)18-14-15(20)19(3)12-11-17-14/h4-8,11-12H,9-10H2,1-3H3,(H,17,18). The molecule has 0 saturated carbocycles. The van der Waals surface area contributed by atoms with Gasteiger partial charge in [0.2, 0.25) is 0 Å². The van der Waals surface area contributed by atoms with Crippen molar-refractivity contribution < 1.29 is 0 Å². The predicted octanol–water partition coefficient (Wildman–Crippen LogP) is 2.60. The minimum Gasteiger partial charge on any atom is -0.361 e. The predicted molar refractivity (Wildman–Crippen MR) is 81.9 cm³/mol. The number of anilines is 1. The first-order valence-corrected chi connectivity index (χ1v) is 6.82. The molecule has 0 amide bonds. The molecular formula is C16H21N3O. The van der Waals surface area contributed by atoms with Gasteiger partial charge >= 0.3 is 0 Å². The topological polar surface area (TPSA) is 46.9 Å². The summed E-state index contributed by atoms with van der Waals surface area (Å²) < 4.78 is 1.53. The Hall–Kier alpha value is -2.10. The molecule has 0 bridgehead atoms. The van der Waals surface area contributed by atoms with Gasteiger partial charge in [-0.3, -0.25) is 4.79 Å². The maximum Gasteiger partial charge on any atom is 0.293 e. The number of nitrogens with one attached hydrogen (secondary N) is 1. The van der Waals surface area contributed by atoms with Crippen molar-refractivity contribution in [3.05, 3.63) is 58.6 Å². The molecule has 106 valence electrons. The summed E-state index contributed by atoms with van der Waals surface area (Å²) in [6.45, 7) is 4.17. The molecule has 0 radical (unpaired) electrons. The van der Waals surface area contributed by atoms with Crippen LogP contribution in [0, 0.1) is 0 Å². The zero-order valence-electron chi connectivity index (χ0n) is 12.3. The second-order valence-electron chi connectivity index (χ2n) is 5.69. The van der Waals surface area contributed by atoms with Crippen molar-refractivity contribution in [3.8, 4) is 0 Å². The highest BCUT2D eigenvalue weighted by molar-refractivity contribution is 5.34. The quantitative estimate of drug-likeness (QED) is 0.909. The average molecular weight is 271 g/mol. The maximum absolute atomic E-state index is 12.0. The van der Waals surface area contributed by atoms with E-state index in [4.69, 9.17) is 0 Å². The maximum atomic E-state index is 12.0. The van der Waals surface area contributed by atoms with Crippen LogP contribution in [0.4, 0.5) is 5.82 Å². The van der Waals surface area contributed by atoms with E-state index in [2.05, 4.69) is 36.3 Å². The fraction of sp³-hybridized carbons (Fsp3) is 0.375. The van der Waals surface area contributed by atoms with Crippen molar-refractivity contribution in [1.82, 2.24) is 9.55 Å². The van der Waals surface area contributed by atoms with Crippen molar-refractivity contribution in [2.75, 3.05) is 5.32 Å². The molecule has 1 aromatic carbocycles. The first-order chi connectivity index (χ1) is 9.48. The Morgan fingerprint density at radius 1 is 1.25 bits per heavy atom. The third-order valence-electron chi connectivity index (χ3n) is 3.36. The van der Waals surface area contributed by atoms with Crippen molar-refractivity contribution in [1.29, 1.82) is 0 Å². The minimum atomic E-state index is -0.184. The normalized spacial score (nSPS) is 11.3. The molecule has 2 rings (SSSR count). The Morgan fingerprint density at radius 2 is 1.95 bits per heavy atom. The van der Waals surface area contributed by atoms with Gasteiger partial charge in [-0.25, -0.2) is 4.98 Å². The SMILES string of the molecule is Cn1ccnc(NC(C)(C)CCc2ccccc2)c1=O. The lowest BCUT2D eigenvalue weighted by Crippen LogP contribution is -2.36. The van der Waals surface area contributed by atoms with Gasteiger partial charge in [-0.2, -0.15) is 0 Å². The van der Waals surface area contributed by atoms with Crippen LogP contribution in [-0.4, -0.2) is 15.1 Å². The molecule has 0 unspecified atom stereocenters. The summed E-state index contributed by atoms with van der Waals surface area (Å²) in [6, 6.07) is 10.4. The first-order valence-electron chi connectivity index (χ1n) is 6.82. The van der Waals surface area contributed by atoms with Crippen LogP contribution in [0.25, 0.3) is 0 Å². The highest BCUT2D eigenvalue weighted by Crippen LogP contribution is 2.17. The highest BCUT2D eigenvalue weighted by atomic mass is 16.1. The summed E-state index contributed by atoms with van der Waals surface area (Å²) in [5, 5.41) is 3.25. The van der Waals surface area contributed by atoms with Crippen molar-refractivity contribution in [3.63, 3.8) is 0 Å². The Morgan fingerprint density at radius 3 is 2.65 bits per heavy atom. The smallest absolute Gasteiger partial charge is 0.293 e. The monoisotopic (exact) mass is 271 g/mol. The van der Waals surface area contributed by atoms with Crippen LogP contribution in [-0.2, 0) is 13.5 Å². The second kappa shape index (κ2) is 5.90. The Bertz CT molecular complexity index is 617. The Balaban J connectivity index is 2.04. The van der Waals surface area contributed by atoms with Gasteiger partial charge < -0.3 is 9.88 Å². The van der Waals surface area contributed by atoms with Crippen LogP contribution in [0.1, 0.15) is 25.8 Å². The molecule has 0 atom stereocenters. The van der Waals surface area contributed by atoms with Gasteiger partial charge in [0, 0.05) is 25.0 Å². The fourth-order valence-electron chi connectivity index (χ4n) is 2.07. The molecule has 4 heteroatoms. The van der Waals surface area contributed by atoms with E-state index < -0.39 is 0 Å². The van der Waals surface area contributed by atoms with E-state index in [-0.39, 0.29) is 11.1 Å². The zero-order chi connectivity index (χ0) is 14.6. The summed E-state index contributed by atoms with van der Waals surface area (Å²) in [4.78, 5) is 16.1. The van der Waals surface area contributed by atoms with Crippen LogP contribution in [0.3, 0.4) is 0 Å². The van der Waals surface area contributed by atoms with Crippen LogP contribution in [0.2, 0.25) is 0 Å². The van der Waals surface area contributed by atoms with E-state index in [1.807, 2.05) is 18.2 Å². The molecule has 0 fully saturated rings. The third-order valence-corrected chi connectivity index (χ3v) is 3.36. The molecule has 0 aliphatic rings. The summed E-state index contributed by atoms with van der Waals surface area (Å²) in [7, 11) is 1.73. The summed E-state index contributed by atoms with van der Waals surface area (Å²) >= 11 is 0. The van der Waals surface area contributed by atoms with Gasteiger partial charge in [-0.05, 0) is 32.3 Å². The van der Waals surface area contributed by atoms with E-state index in [0.717, 1.165) is 12.8 Å². The molecule has 1 heterocycles. The minimum absolute atomic E-state index is 0.0970. The molecule has 1 N–H and O–H groups in total. The van der Waals surface area contributed by atoms with Crippen molar-refractivity contribution in [2.45, 2.75) is 32.2 Å². The van der Waals surface area contributed by atoms with Crippen LogP contribution >= 0.6 is 0 Å². The number of aromatic nitrogens is 2. The van der Waals surface area contributed by atoms with Gasteiger partial charge in [0.15, 0.2) is 5.82 Å². The number of benzene rings is 1. The van der Waals surface area contributed by atoms with Crippen molar-refractivity contribution in [2.24, 2.45) is 7.05 Å². The Kier molecular flexibility index (Phi) is 4.23.